The number of aromatic nitrogens is 3. The van der Waals surface area contributed by atoms with Crippen LogP contribution in [0.5, 0.6) is 0 Å². The number of hydrogen-bond donors (Lipinski definition) is 2. The summed E-state index contributed by atoms with van der Waals surface area (Å²) >= 11 is 6.17. The lowest BCUT2D eigenvalue weighted by Crippen LogP contribution is -2.01. The summed E-state index contributed by atoms with van der Waals surface area (Å²) in [6, 6.07) is 9.31. The highest BCUT2D eigenvalue weighted by Gasteiger charge is 2.06. The van der Waals surface area contributed by atoms with E-state index < -0.39 is 0 Å². The van der Waals surface area contributed by atoms with Gasteiger partial charge in [0.2, 0.25) is 0 Å². The van der Waals surface area contributed by atoms with Crippen molar-refractivity contribution in [3.63, 3.8) is 0 Å². The van der Waals surface area contributed by atoms with Crippen LogP contribution in [-0.2, 0) is 0 Å². The van der Waals surface area contributed by atoms with Crippen LogP contribution < -0.4 is 10.8 Å². The van der Waals surface area contributed by atoms with Gasteiger partial charge in [0.15, 0.2) is 5.82 Å². The van der Waals surface area contributed by atoms with Gasteiger partial charge in [-0.05, 0) is 18.4 Å². The molecule has 0 aliphatic rings. The van der Waals surface area contributed by atoms with Crippen molar-refractivity contribution in [1.29, 1.82) is 0 Å². The van der Waals surface area contributed by atoms with Crippen molar-refractivity contribution in [3.05, 3.63) is 41.2 Å². The fraction of sp³-hybridized carbons (Fsp3) is 0.0769. The minimum absolute atomic E-state index is 0.437. The SMILES string of the molecule is [B]c1ccc2c(Cl)nc(Nc3cc(C)[nH]n3)cc2c1. The molecule has 0 unspecified atom stereocenters. The molecule has 6 heteroatoms. The van der Waals surface area contributed by atoms with Gasteiger partial charge in [-0.2, -0.15) is 5.10 Å². The molecular weight excluding hydrogens is 258 g/mol. The first-order chi connectivity index (χ1) is 9.11. The zero-order valence-electron chi connectivity index (χ0n) is 10.2. The van der Waals surface area contributed by atoms with E-state index in [1.165, 1.54) is 0 Å². The molecule has 92 valence electrons. The topological polar surface area (TPSA) is 53.6 Å². The quantitative estimate of drug-likeness (QED) is 0.554. The third-order valence-corrected chi connectivity index (χ3v) is 3.06. The minimum atomic E-state index is 0.437. The van der Waals surface area contributed by atoms with Gasteiger partial charge in [-0.15, -0.1) is 0 Å². The Morgan fingerprint density at radius 2 is 2.05 bits per heavy atom. The summed E-state index contributed by atoms with van der Waals surface area (Å²) in [5, 5.41) is 12.3. The Morgan fingerprint density at radius 1 is 1.21 bits per heavy atom. The van der Waals surface area contributed by atoms with Gasteiger partial charge >= 0.3 is 0 Å². The number of fused-ring (bicyclic) bond motifs is 1. The summed E-state index contributed by atoms with van der Waals surface area (Å²) in [7, 11) is 5.78. The Hall–Kier alpha value is -2.01. The molecule has 0 spiro atoms. The number of benzene rings is 1. The number of nitrogens with zero attached hydrogens (tertiary/aromatic N) is 2. The van der Waals surface area contributed by atoms with E-state index in [1.54, 1.807) is 6.07 Å². The first-order valence-electron chi connectivity index (χ1n) is 5.76. The molecule has 2 aromatic heterocycles. The van der Waals surface area contributed by atoms with Crippen LogP contribution in [0.2, 0.25) is 5.15 Å². The molecule has 3 aromatic rings. The number of hydrogen-bond acceptors (Lipinski definition) is 3. The van der Waals surface area contributed by atoms with Gasteiger partial charge in [0.1, 0.15) is 18.8 Å². The predicted octanol–water partition coefficient (Wildman–Crippen LogP) is 2.46. The molecule has 19 heavy (non-hydrogen) atoms. The molecule has 0 amide bonds. The lowest BCUT2D eigenvalue weighted by molar-refractivity contribution is 1.05. The lowest BCUT2D eigenvalue weighted by atomic mass is 9.94. The van der Waals surface area contributed by atoms with E-state index in [0.29, 0.717) is 22.3 Å². The van der Waals surface area contributed by atoms with Crippen LogP contribution in [0, 0.1) is 6.92 Å². The van der Waals surface area contributed by atoms with E-state index in [0.717, 1.165) is 16.5 Å². The molecule has 0 bridgehead atoms. The Kier molecular flexibility index (Phi) is 2.91. The van der Waals surface area contributed by atoms with Crippen LogP contribution in [0.3, 0.4) is 0 Å². The number of aromatic amines is 1. The molecule has 0 saturated carbocycles. The van der Waals surface area contributed by atoms with Crippen molar-refractivity contribution in [2.45, 2.75) is 6.92 Å². The van der Waals surface area contributed by atoms with Gasteiger partial charge in [-0.3, -0.25) is 5.10 Å². The maximum absolute atomic E-state index is 6.17. The second kappa shape index (κ2) is 4.59. The summed E-state index contributed by atoms with van der Waals surface area (Å²) < 4.78 is 0. The fourth-order valence-electron chi connectivity index (χ4n) is 1.91. The third-order valence-electron chi connectivity index (χ3n) is 2.77. The molecule has 4 nitrogen and oxygen atoms in total. The number of rotatable bonds is 2. The van der Waals surface area contributed by atoms with E-state index in [4.69, 9.17) is 19.4 Å². The lowest BCUT2D eigenvalue weighted by Gasteiger charge is -2.06. The Bertz CT molecular complexity index is 753. The van der Waals surface area contributed by atoms with E-state index in [-0.39, 0.29) is 0 Å². The van der Waals surface area contributed by atoms with Gasteiger partial charge in [-0.1, -0.05) is 35.3 Å². The van der Waals surface area contributed by atoms with Crippen LogP contribution in [0.4, 0.5) is 11.6 Å². The molecule has 1 aromatic carbocycles. The number of nitrogens with one attached hydrogen (secondary N) is 2. The monoisotopic (exact) mass is 268 g/mol. The Balaban J connectivity index is 2.04. The van der Waals surface area contributed by atoms with E-state index >= 15 is 0 Å². The van der Waals surface area contributed by atoms with Crippen molar-refractivity contribution < 1.29 is 0 Å². The molecular formula is C13H10BClN4. The molecule has 3 rings (SSSR count). The first-order valence-corrected chi connectivity index (χ1v) is 6.14. The molecule has 0 aliphatic heterocycles. The van der Waals surface area contributed by atoms with Gasteiger partial charge in [0.05, 0.1) is 0 Å². The largest absolute Gasteiger partial charge is 0.323 e. The zero-order chi connectivity index (χ0) is 13.4. The highest BCUT2D eigenvalue weighted by atomic mass is 35.5. The number of aryl methyl sites for hydroxylation is 1. The minimum Gasteiger partial charge on any atom is -0.323 e. The average Bonchev–Trinajstić information content (AvgIpc) is 2.74. The summed E-state index contributed by atoms with van der Waals surface area (Å²) in [5.74, 6) is 1.33. The Morgan fingerprint density at radius 3 is 2.79 bits per heavy atom. The first kappa shape index (κ1) is 12.1. The van der Waals surface area contributed by atoms with E-state index in [2.05, 4.69) is 20.5 Å². The van der Waals surface area contributed by atoms with E-state index in [1.807, 2.05) is 31.2 Å². The number of H-pyrrole nitrogens is 1. The van der Waals surface area contributed by atoms with Crippen molar-refractivity contribution in [3.8, 4) is 0 Å². The predicted molar refractivity (Wildman–Crippen MR) is 78.7 cm³/mol. The summed E-state index contributed by atoms with van der Waals surface area (Å²) in [4.78, 5) is 4.30. The smallest absolute Gasteiger partial charge is 0.153 e. The van der Waals surface area contributed by atoms with Crippen LogP contribution in [0.25, 0.3) is 10.8 Å². The normalized spacial score (nSPS) is 10.8. The molecule has 0 aliphatic carbocycles. The highest BCUT2D eigenvalue weighted by Crippen LogP contribution is 2.25. The van der Waals surface area contributed by atoms with Crippen molar-refractivity contribution >= 4 is 47.3 Å². The van der Waals surface area contributed by atoms with Crippen molar-refractivity contribution in [1.82, 2.24) is 15.2 Å². The molecule has 2 heterocycles. The molecule has 0 atom stereocenters. The van der Waals surface area contributed by atoms with Crippen molar-refractivity contribution in [2.75, 3.05) is 5.32 Å². The molecule has 2 N–H and O–H groups in total. The molecule has 0 saturated heterocycles. The maximum Gasteiger partial charge on any atom is 0.153 e. The molecule has 0 fully saturated rings. The average molecular weight is 269 g/mol. The summed E-state index contributed by atoms with van der Waals surface area (Å²) in [6.45, 7) is 1.93. The second-order valence-corrected chi connectivity index (χ2v) is 4.70. The fourth-order valence-corrected chi connectivity index (χ4v) is 2.17. The van der Waals surface area contributed by atoms with Gasteiger partial charge in [0, 0.05) is 17.1 Å². The van der Waals surface area contributed by atoms with Gasteiger partial charge in [0.25, 0.3) is 0 Å². The Labute approximate surface area is 116 Å². The maximum atomic E-state index is 6.17. The third kappa shape index (κ3) is 2.42. The van der Waals surface area contributed by atoms with Gasteiger partial charge < -0.3 is 5.32 Å². The van der Waals surface area contributed by atoms with Crippen LogP contribution >= 0.6 is 11.6 Å². The highest BCUT2D eigenvalue weighted by molar-refractivity contribution is 6.36. The number of pyridine rings is 1. The van der Waals surface area contributed by atoms with E-state index in [9.17, 15) is 0 Å². The van der Waals surface area contributed by atoms with Crippen molar-refractivity contribution in [2.24, 2.45) is 0 Å². The van der Waals surface area contributed by atoms with Gasteiger partial charge in [-0.25, -0.2) is 4.98 Å². The van der Waals surface area contributed by atoms with Crippen LogP contribution in [0.1, 0.15) is 5.69 Å². The number of halogens is 1. The van der Waals surface area contributed by atoms with Crippen LogP contribution in [-0.4, -0.2) is 23.0 Å². The summed E-state index contributed by atoms with van der Waals surface area (Å²) in [6.07, 6.45) is 0. The summed E-state index contributed by atoms with van der Waals surface area (Å²) in [5.41, 5.74) is 1.66. The molecule has 2 radical (unpaired) electrons. The standard InChI is InChI=1S/C13H10BClN4/c1-7-4-12(19-18-7)16-11-6-8-5-9(14)2-3-10(8)13(15)17-11/h2-6H,1H3,(H2,16,17,18,19). The van der Waals surface area contributed by atoms with Crippen LogP contribution in [0.15, 0.2) is 30.3 Å². The second-order valence-electron chi connectivity index (χ2n) is 4.34. The number of anilines is 2. The zero-order valence-corrected chi connectivity index (χ0v) is 11.0.